The Hall–Kier alpha value is 0.180. The summed E-state index contributed by atoms with van der Waals surface area (Å²) in [5, 5.41) is 0. The third-order valence-electron chi connectivity index (χ3n) is 1.57. The van der Waals surface area contributed by atoms with Crippen molar-refractivity contribution in [2.24, 2.45) is 0 Å². The molecule has 0 radical (unpaired) electrons. The molecule has 0 nitrogen and oxygen atoms in total. The molecule has 0 N–H and O–H groups in total. The number of aryl methyl sites for hydroxylation is 1. The van der Waals surface area contributed by atoms with Crippen molar-refractivity contribution in [3.63, 3.8) is 0 Å². The second-order valence-corrected chi connectivity index (χ2v) is 4.10. The molecule has 1 aromatic rings. The van der Waals surface area contributed by atoms with Gasteiger partial charge in [-0.1, -0.05) is 31.9 Å². The maximum atomic E-state index is 3.47. The minimum atomic E-state index is 1.13. The fraction of sp³-hybridized carbons (Fsp3) is 0.250. The number of benzene rings is 1. The Labute approximate surface area is 77.9 Å². The highest BCUT2D eigenvalue weighted by atomic mass is 79.9. The average molecular weight is 264 g/mol. The molecule has 0 bridgehead atoms. The molecule has 0 aliphatic heterocycles. The van der Waals surface area contributed by atoms with Crippen molar-refractivity contribution < 1.29 is 0 Å². The van der Waals surface area contributed by atoms with Gasteiger partial charge < -0.3 is 0 Å². The zero-order valence-electron chi connectivity index (χ0n) is 5.91. The molecule has 1 aromatic carbocycles. The molecule has 0 aliphatic carbocycles. The number of rotatable bonds is 0. The van der Waals surface area contributed by atoms with Gasteiger partial charge in [0, 0.05) is 8.95 Å². The van der Waals surface area contributed by atoms with Crippen molar-refractivity contribution in [2.75, 3.05) is 0 Å². The van der Waals surface area contributed by atoms with Crippen LogP contribution in [0.2, 0.25) is 0 Å². The molecule has 0 aliphatic rings. The summed E-state index contributed by atoms with van der Waals surface area (Å²) in [5.41, 5.74) is 2.62. The Balaban J connectivity index is 3.31. The van der Waals surface area contributed by atoms with Crippen LogP contribution in [0.1, 0.15) is 11.1 Å². The van der Waals surface area contributed by atoms with Gasteiger partial charge in [-0.15, -0.1) is 0 Å². The summed E-state index contributed by atoms with van der Waals surface area (Å²) in [4.78, 5) is 0. The Morgan fingerprint density at radius 2 is 1.70 bits per heavy atom. The van der Waals surface area contributed by atoms with E-state index in [1.165, 1.54) is 15.6 Å². The van der Waals surface area contributed by atoms with Gasteiger partial charge in [0.15, 0.2) is 0 Å². The summed E-state index contributed by atoms with van der Waals surface area (Å²) in [6, 6.07) is 4.17. The highest BCUT2D eigenvalue weighted by Gasteiger charge is 1.98. The SMILES string of the molecule is Cc1cc(Br)cc(Br)c1C. The van der Waals surface area contributed by atoms with Gasteiger partial charge in [-0.2, -0.15) is 0 Å². The van der Waals surface area contributed by atoms with E-state index in [4.69, 9.17) is 0 Å². The van der Waals surface area contributed by atoms with E-state index >= 15 is 0 Å². The zero-order valence-corrected chi connectivity index (χ0v) is 9.08. The highest BCUT2D eigenvalue weighted by Crippen LogP contribution is 2.24. The summed E-state index contributed by atoms with van der Waals surface area (Å²) in [5.74, 6) is 0. The molecule has 2 heteroatoms. The van der Waals surface area contributed by atoms with Gasteiger partial charge in [-0.3, -0.25) is 0 Å². The zero-order chi connectivity index (χ0) is 7.72. The molecule has 1 rings (SSSR count). The van der Waals surface area contributed by atoms with Crippen molar-refractivity contribution >= 4 is 31.9 Å². The third kappa shape index (κ3) is 1.61. The molecule has 10 heavy (non-hydrogen) atoms. The first-order valence-electron chi connectivity index (χ1n) is 3.03. The summed E-state index contributed by atoms with van der Waals surface area (Å²) >= 11 is 6.88. The van der Waals surface area contributed by atoms with Crippen molar-refractivity contribution in [3.05, 3.63) is 32.2 Å². The quantitative estimate of drug-likeness (QED) is 0.668. The number of halogens is 2. The van der Waals surface area contributed by atoms with Gasteiger partial charge in [0.05, 0.1) is 0 Å². The van der Waals surface area contributed by atoms with Crippen molar-refractivity contribution in [1.82, 2.24) is 0 Å². The standard InChI is InChI=1S/C8H8Br2/c1-5-3-7(9)4-8(10)6(5)2/h3-4H,1-2H3. The van der Waals surface area contributed by atoms with Crippen LogP contribution in [0, 0.1) is 13.8 Å². The van der Waals surface area contributed by atoms with Crippen molar-refractivity contribution in [3.8, 4) is 0 Å². The Morgan fingerprint density at radius 3 is 2.20 bits per heavy atom. The van der Waals surface area contributed by atoms with E-state index in [1.54, 1.807) is 0 Å². The predicted molar refractivity (Wildman–Crippen MR) is 51.3 cm³/mol. The van der Waals surface area contributed by atoms with Gasteiger partial charge >= 0.3 is 0 Å². The first-order valence-corrected chi connectivity index (χ1v) is 4.62. The fourth-order valence-corrected chi connectivity index (χ4v) is 2.21. The molecule has 0 unspecified atom stereocenters. The lowest BCUT2D eigenvalue weighted by Crippen LogP contribution is -1.81. The molecular weight excluding hydrogens is 256 g/mol. The monoisotopic (exact) mass is 262 g/mol. The molecule has 54 valence electrons. The van der Waals surface area contributed by atoms with E-state index in [0.717, 1.165) is 4.47 Å². The lowest BCUT2D eigenvalue weighted by molar-refractivity contribution is 1.30. The lowest BCUT2D eigenvalue weighted by Gasteiger charge is -2.02. The first-order chi connectivity index (χ1) is 4.61. The van der Waals surface area contributed by atoms with Gasteiger partial charge in [-0.05, 0) is 37.1 Å². The van der Waals surface area contributed by atoms with Crippen molar-refractivity contribution in [2.45, 2.75) is 13.8 Å². The summed E-state index contributed by atoms with van der Waals surface area (Å²) < 4.78 is 2.29. The molecule has 0 aromatic heterocycles. The van der Waals surface area contributed by atoms with E-state index in [2.05, 4.69) is 57.8 Å². The molecule has 0 heterocycles. The van der Waals surface area contributed by atoms with Crippen LogP contribution in [0.15, 0.2) is 21.1 Å². The van der Waals surface area contributed by atoms with Crippen LogP contribution in [0.4, 0.5) is 0 Å². The first kappa shape index (κ1) is 8.28. The van der Waals surface area contributed by atoms with Gasteiger partial charge in [0.25, 0.3) is 0 Å². The molecular formula is C8H8Br2. The van der Waals surface area contributed by atoms with Crippen LogP contribution in [0.5, 0.6) is 0 Å². The van der Waals surface area contributed by atoms with Gasteiger partial charge in [0.2, 0.25) is 0 Å². The maximum absolute atomic E-state index is 3.47. The van der Waals surface area contributed by atoms with E-state index in [9.17, 15) is 0 Å². The smallest absolute Gasteiger partial charge is 0.0218 e. The topological polar surface area (TPSA) is 0 Å². The minimum Gasteiger partial charge on any atom is -0.0508 e. The predicted octanol–water partition coefficient (Wildman–Crippen LogP) is 3.83. The second-order valence-electron chi connectivity index (χ2n) is 2.33. The molecule has 0 fully saturated rings. The molecule has 0 spiro atoms. The van der Waals surface area contributed by atoms with Crippen LogP contribution in [-0.4, -0.2) is 0 Å². The lowest BCUT2D eigenvalue weighted by atomic mass is 10.1. The van der Waals surface area contributed by atoms with Crippen LogP contribution in [0.25, 0.3) is 0 Å². The number of hydrogen-bond donors (Lipinski definition) is 0. The summed E-state index contributed by atoms with van der Waals surface area (Å²) in [7, 11) is 0. The van der Waals surface area contributed by atoms with Crippen molar-refractivity contribution in [1.29, 1.82) is 0 Å². The summed E-state index contributed by atoms with van der Waals surface area (Å²) in [6.45, 7) is 4.21. The third-order valence-corrected chi connectivity index (χ3v) is 2.85. The van der Waals surface area contributed by atoms with Gasteiger partial charge in [0.1, 0.15) is 0 Å². The summed E-state index contributed by atoms with van der Waals surface area (Å²) in [6.07, 6.45) is 0. The fourth-order valence-electron chi connectivity index (χ4n) is 0.774. The van der Waals surface area contributed by atoms with Crippen LogP contribution >= 0.6 is 31.9 Å². The number of hydrogen-bond acceptors (Lipinski definition) is 0. The largest absolute Gasteiger partial charge is 0.0508 e. The normalized spacial score (nSPS) is 10.0. The second kappa shape index (κ2) is 3.05. The van der Waals surface area contributed by atoms with E-state index in [1.807, 2.05) is 0 Å². The average Bonchev–Trinajstić information content (AvgIpc) is 1.82. The Bertz CT molecular complexity index is 230. The van der Waals surface area contributed by atoms with Crippen LogP contribution in [-0.2, 0) is 0 Å². The molecule has 0 amide bonds. The highest BCUT2D eigenvalue weighted by molar-refractivity contribution is 9.11. The van der Waals surface area contributed by atoms with E-state index in [-0.39, 0.29) is 0 Å². The molecule has 0 atom stereocenters. The van der Waals surface area contributed by atoms with E-state index in [0.29, 0.717) is 0 Å². The van der Waals surface area contributed by atoms with Crippen LogP contribution < -0.4 is 0 Å². The Kier molecular flexibility index (Phi) is 2.53. The minimum absolute atomic E-state index is 1.13. The van der Waals surface area contributed by atoms with Gasteiger partial charge in [-0.25, -0.2) is 0 Å². The Morgan fingerprint density at radius 1 is 1.10 bits per heavy atom. The maximum Gasteiger partial charge on any atom is 0.0218 e. The molecule has 0 saturated carbocycles. The molecule has 0 saturated heterocycles. The van der Waals surface area contributed by atoms with E-state index < -0.39 is 0 Å². The van der Waals surface area contributed by atoms with Crippen LogP contribution in [0.3, 0.4) is 0 Å².